The lowest BCUT2D eigenvalue weighted by atomic mass is 9.90. The Bertz CT molecular complexity index is 381. The van der Waals surface area contributed by atoms with Gasteiger partial charge in [0.25, 0.3) is 0 Å². The first-order valence-corrected chi connectivity index (χ1v) is 8.29. The van der Waals surface area contributed by atoms with Crippen molar-refractivity contribution in [1.82, 2.24) is 4.98 Å². The Morgan fingerprint density at radius 1 is 1.11 bits per heavy atom. The highest BCUT2D eigenvalue weighted by molar-refractivity contribution is 8.17. The molecule has 0 aliphatic rings. The molecule has 0 aromatic carbocycles. The van der Waals surface area contributed by atoms with Gasteiger partial charge in [-0.25, -0.2) is 4.98 Å². The lowest BCUT2D eigenvalue weighted by molar-refractivity contribution is 0.0775. The molecule has 0 fully saturated rings. The number of thioether (sulfide) groups is 2. The lowest BCUT2D eigenvalue weighted by Crippen LogP contribution is -2.36. The maximum absolute atomic E-state index is 10.6. The molecular formula is C15H25NOS2. The summed E-state index contributed by atoms with van der Waals surface area (Å²) in [6.07, 6.45) is 1.41. The molecule has 0 aliphatic heterocycles. The minimum absolute atomic E-state index is 0.0786. The van der Waals surface area contributed by atoms with Gasteiger partial charge < -0.3 is 5.11 Å². The van der Waals surface area contributed by atoms with Crippen molar-refractivity contribution in [3.8, 4) is 0 Å². The summed E-state index contributed by atoms with van der Waals surface area (Å²) in [5, 5.41) is 11.6. The summed E-state index contributed by atoms with van der Waals surface area (Å²) < 4.78 is 0.188. The number of nitrogens with zero attached hydrogens (tertiary/aromatic N) is 1. The van der Waals surface area contributed by atoms with Gasteiger partial charge in [0.1, 0.15) is 0 Å². The van der Waals surface area contributed by atoms with Crippen molar-refractivity contribution in [2.75, 3.05) is 0 Å². The molecule has 0 amide bonds. The van der Waals surface area contributed by atoms with E-state index in [2.05, 4.69) is 46.5 Å². The third kappa shape index (κ3) is 6.19. The van der Waals surface area contributed by atoms with Crippen molar-refractivity contribution in [1.29, 1.82) is 0 Å². The summed E-state index contributed by atoms with van der Waals surface area (Å²) in [4.78, 5) is 4.35. The van der Waals surface area contributed by atoms with E-state index in [1.807, 2.05) is 18.2 Å². The Morgan fingerprint density at radius 2 is 1.74 bits per heavy atom. The Morgan fingerprint density at radius 3 is 2.16 bits per heavy atom. The summed E-state index contributed by atoms with van der Waals surface area (Å²) in [7, 11) is 0. The average molecular weight is 300 g/mol. The molecule has 0 spiro atoms. The predicted octanol–water partition coefficient (Wildman–Crippen LogP) is 4.44. The van der Waals surface area contributed by atoms with Crippen molar-refractivity contribution in [3.05, 3.63) is 24.4 Å². The zero-order chi connectivity index (χ0) is 14.7. The zero-order valence-electron chi connectivity index (χ0n) is 12.7. The maximum Gasteiger partial charge on any atom is 0.0971 e. The van der Waals surface area contributed by atoms with Crippen molar-refractivity contribution in [2.24, 2.45) is 5.41 Å². The maximum atomic E-state index is 10.6. The molecule has 0 saturated carbocycles. The van der Waals surface area contributed by atoms with Crippen molar-refractivity contribution in [3.63, 3.8) is 0 Å². The molecule has 2 atom stereocenters. The molecule has 0 radical (unpaired) electrons. The Hall–Kier alpha value is -0.190. The van der Waals surface area contributed by atoms with E-state index in [4.69, 9.17) is 0 Å². The fourth-order valence-electron chi connectivity index (χ4n) is 1.45. The number of aliphatic hydroxyl groups is 1. The van der Waals surface area contributed by atoms with Gasteiger partial charge >= 0.3 is 0 Å². The van der Waals surface area contributed by atoms with Gasteiger partial charge in [0, 0.05) is 10.9 Å². The normalized spacial score (nSPS) is 16.2. The van der Waals surface area contributed by atoms with Gasteiger partial charge in [-0.3, -0.25) is 0 Å². The van der Waals surface area contributed by atoms with E-state index in [9.17, 15) is 5.11 Å². The third-order valence-electron chi connectivity index (χ3n) is 2.49. The first-order valence-electron chi connectivity index (χ1n) is 6.53. The van der Waals surface area contributed by atoms with Crippen LogP contribution in [0.2, 0.25) is 0 Å². The Labute approximate surface area is 125 Å². The summed E-state index contributed by atoms with van der Waals surface area (Å²) in [6, 6.07) is 5.89. The monoisotopic (exact) mass is 299 g/mol. The van der Waals surface area contributed by atoms with Crippen LogP contribution in [-0.4, -0.2) is 25.5 Å². The molecule has 0 unspecified atom stereocenters. The van der Waals surface area contributed by atoms with E-state index in [-0.39, 0.29) is 20.8 Å². The highest BCUT2D eigenvalue weighted by atomic mass is 32.2. The van der Waals surface area contributed by atoms with Crippen LogP contribution in [0, 0.1) is 5.41 Å². The topological polar surface area (TPSA) is 33.1 Å². The molecule has 1 aromatic rings. The molecule has 1 N–H and O–H groups in total. The standard InChI is InChI=1S/C15H25NOS2/c1-14(2,3)12(17)13(19-15(4,5)6)18-11-9-7-8-10-16-11/h7-10,12-13,17H,1-6H3/t12-,13+/m0/s1. The molecule has 1 aromatic heterocycles. The van der Waals surface area contributed by atoms with Crippen LogP contribution in [0.15, 0.2) is 29.4 Å². The number of hydrogen-bond acceptors (Lipinski definition) is 4. The summed E-state index contributed by atoms with van der Waals surface area (Å²) in [5.41, 5.74) is -0.134. The molecule has 0 aliphatic carbocycles. The minimum atomic E-state index is -0.385. The van der Waals surface area contributed by atoms with Crippen LogP contribution in [0.1, 0.15) is 41.5 Å². The van der Waals surface area contributed by atoms with Crippen molar-refractivity contribution >= 4 is 23.5 Å². The second kappa shape index (κ2) is 6.51. The predicted molar refractivity (Wildman–Crippen MR) is 86.7 cm³/mol. The van der Waals surface area contributed by atoms with E-state index in [1.165, 1.54) is 0 Å². The third-order valence-corrected chi connectivity index (χ3v) is 5.24. The average Bonchev–Trinajstić information content (AvgIpc) is 2.25. The lowest BCUT2D eigenvalue weighted by Gasteiger charge is -2.35. The summed E-state index contributed by atoms with van der Waals surface area (Å²) in [6.45, 7) is 12.8. The van der Waals surface area contributed by atoms with Gasteiger partial charge in [0.05, 0.1) is 15.7 Å². The number of hydrogen-bond donors (Lipinski definition) is 1. The van der Waals surface area contributed by atoms with E-state index in [0.29, 0.717) is 0 Å². The van der Waals surface area contributed by atoms with Crippen molar-refractivity contribution in [2.45, 2.75) is 62.0 Å². The molecule has 108 valence electrons. The Balaban J connectivity index is 2.87. The molecule has 1 rings (SSSR count). The van der Waals surface area contributed by atoms with E-state index in [0.717, 1.165) is 5.03 Å². The van der Waals surface area contributed by atoms with Crippen molar-refractivity contribution < 1.29 is 5.11 Å². The van der Waals surface area contributed by atoms with Crippen LogP contribution < -0.4 is 0 Å². The molecule has 19 heavy (non-hydrogen) atoms. The van der Waals surface area contributed by atoms with Crippen LogP contribution in [0.25, 0.3) is 0 Å². The second-order valence-corrected chi connectivity index (χ2v) is 10.1. The van der Waals surface area contributed by atoms with Gasteiger partial charge in [0.15, 0.2) is 0 Å². The second-order valence-electron chi connectivity index (χ2n) is 6.70. The van der Waals surface area contributed by atoms with Gasteiger partial charge in [-0.1, -0.05) is 59.4 Å². The first kappa shape index (κ1) is 16.9. The van der Waals surface area contributed by atoms with Gasteiger partial charge in [-0.2, -0.15) is 0 Å². The SMILES string of the molecule is CC(C)(C)S[C@@H](Sc1ccccn1)[C@H](O)C(C)(C)C. The van der Waals surface area contributed by atoms with Crippen LogP contribution in [0.5, 0.6) is 0 Å². The fraction of sp³-hybridized carbons (Fsp3) is 0.667. The highest BCUT2D eigenvalue weighted by Gasteiger charge is 2.34. The smallest absolute Gasteiger partial charge is 0.0971 e. The molecule has 0 bridgehead atoms. The van der Waals surface area contributed by atoms with Crippen LogP contribution >= 0.6 is 23.5 Å². The fourth-order valence-corrected chi connectivity index (χ4v) is 5.09. The van der Waals surface area contributed by atoms with Crippen LogP contribution in [0.3, 0.4) is 0 Å². The number of aliphatic hydroxyl groups excluding tert-OH is 1. The van der Waals surface area contributed by atoms with Gasteiger partial charge in [-0.15, -0.1) is 11.8 Å². The van der Waals surface area contributed by atoms with Gasteiger partial charge in [0.2, 0.25) is 0 Å². The number of rotatable bonds is 4. The quantitative estimate of drug-likeness (QED) is 0.658. The summed E-state index contributed by atoms with van der Waals surface area (Å²) >= 11 is 3.46. The summed E-state index contributed by atoms with van der Waals surface area (Å²) in [5.74, 6) is 0. The molecule has 1 heterocycles. The largest absolute Gasteiger partial charge is 0.391 e. The highest BCUT2D eigenvalue weighted by Crippen LogP contribution is 2.43. The van der Waals surface area contributed by atoms with E-state index in [1.54, 1.807) is 29.7 Å². The molecular weight excluding hydrogens is 274 g/mol. The van der Waals surface area contributed by atoms with E-state index < -0.39 is 0 Å². The zero-order valence-corrected chi connectivity index (χ0v) is 14.3. The molecule has 2 nitrogen and oxygen atoms in total. The molecule has 4 heteroatoms. The van der Waals surface area contributed by atoms with Crippen LogP contribution in [0.4, 0.5) is 0 Å². The van der Waals surface area contributed by atoms with E-state index >= 15 is 0 Å². The van der Waals surface area contributed by atoms with Gasteiger partial charge in [-0.05, 0) is 17.5 Å². The molecule has 0 saturated heterocycles. The Kier molecular flexibility index (Phi) is 5.78. The first-order chi connectivity index (χ1) is 8.59. The number of pyridine rings is 1. The minimum Gasteiger partial charge on any atom is -0.391 e. The number of aromatic nitrogens is 1. The van der Waals surface area contributed by atoms with Crippen LogP contribution in [-0.2, 0) is 0 Å².